The van der Waals surface area contributed by atoms with Crippen LogP contribution in [0.3, 0.4) is 0 Å². The number of nitrogens with zero attached hydrogens (tertiary/aromatic N) is 2. The Kier molecular flexibility index (Phi) is 5.35. The molecule has 3 aromatic rings. The monoisotopic (exact) mass is 372 g/mol. The Labute approximate surface area is 153 Å². The number of amides is 1. The molecule has 138 valence electrons. The summed E-state index contributed by atoms with van der Waals surface area (Å²) in [4.78, 5) is 20.2. The first-order chi connectivity index (χ1) is 12.9. The Balaban J connectivity index is 1.59. The average Bonchev–Trinajstić information content (AvgIpc) is 2.67. The van der Waals surface area contributed by atoms with Gasteiger partial charge in [-0.3, -0.25) is 4.79 Å². The molecule has 2 aromatic carbocycles. The minimum Gasteiger partial charge on any atom is -0.347 e. The van der Waals surface area contributed by atoms with Gasteiger partial charge in [-0.05, 0) is 29.8 Å². The molecule has 0 saturated carbocycles. The summed E-state index contributed by atoms with van der Waals surface area (Å²) in [5.74, 6) is -0.0539. The van der Waals surface area contributed by atoms with Crippen molar-refractivity contribution in [1.29, 1.82) is 0 Å². The topological polar surface area (TPSA) is 66.9 Å². The van der Waals surface area contributed by atoms with Crippen molar-refractivity contribution in [2.24, 2.45) is 0 Å². The van der Waals surface area contributed by atoms with Crippen LogP contribution in [0.15, 0.2) is 67.0 Å². The van der Waals surface area contributed by atoms with Gasteiger partial charge in [0.15, 0.2) is 0 Å². The highest BCUT2D eigenvalue weighted by molar-refractivity contribution is 5.92. The maximum atomic E-state index is 12.6. The number of aromatic nitrogens is 2. The van der Waals surface area contributed by atoms with E-state index in [-0.39, 0.29) is 11.6 Å². The SMILES string of the molecule is O=C(NCc1ccccc1)c1cnc(Nc2ccc(C(F)(F)F)cc2)cn1. The molecular formula is C19H15F3N4O. The van der Waals surface area contributed by atoms with Crippen molar-refractivity contribution >= 4 is 17.4 Å². The number of rotatable bonds is 5. The Morgan fingerprint density at radius 3 is 2.22 bits per heavy atom. The van der Waals surface area contributed by atoms with E-state index in [0.29, 0.717) is 18.1 Å². The van der Waals surface area contributed by atoms with Crippen LogP contribution in [0.4, 0.5) is 24.7 Å². The molecule has 0 aliphatic rings. The third-order valence-corrected chi connectivity index (χ3v) is 3.67. The predicted octanol–water partition coefficient (Wildman–Crippen LogP) is 4.17. The van der Waals surface area contributed by atoms with Gasteiger partial charge in [0.2, 0.25) is 0 Å². The number of carbonyl (C=O) groups excluding carboxylic acids is 1. The van der Waals surface area contributed by atoms with Crippen molar-refractivity contribution in [2.75, 3.05) is 5.32 Å². The van der Waals surface area contributed by atoms with Crippen LogP contribution in [0, 0.1) is 0 Å². The molecule has 3 rings (SSSR count). The molecule has 1 aromatic heterocycles. The van der Waals surface area contributed by atoms with E-state index in [4.69, 9.17) is 0 Å². The first-order valence-corrected chi connectivity index (χ1v) is 8.00. The summed E-state index contributed by atoms with van der Waals surface area (Å²) in [6.45, 7) is 0.368. The fourth-order valence-corrected chi connectivity index (χ4v) is 2.27. The van der Waals surface area contributed by atoms with Crippen LogP contribution in [0.2, 0.25) is 0 Å². The molecular weight excluding hydrogens is 357 g/mol. The first kappa shape index (κ1) is 18.4. The Bertz CT molecular complexity index is 895. The third kappa shape index (κ3) is 5.04. The smallest absolute Gasteiger partial charge is 0.347 e. The minimum absolute atomic E-state index is 0.143. The van der Waals surface area contributed by atoms with Crippen molar-refractivity contribution < 1.29 is 18.0 Å². The van der Waals surface area contributed by atoms with Crippen LogP contribution in [0.1, 0.15) is 21.6 Å². The van der Waals surface area contributed by atoms with E-state index in [1.807, 2.05) is 30.3 Å². The lowest BCUT2D eigenvalue weighted by Crippen LogP contribution is -2.24. The van der Waals surface area contributed by atoms with Crippen LogP contribution in [0.5, 0.6) is 0 Å². The zero-order chi connectivity index (χ0) is 19.3. The van der Waals surface area contributed by atoms with Crippen LogP contribution in [-0.2, 0) is 12.7 Å². The second kappa shape index (κ2) is 7.86. The molecule has 0 aliphatic heterocycles. The summed E-state index contributed by atoms with van der Waals surface area (Å²) in [5.41, 5.74) is 0.798. The molecule has 0 aliphatic carbocycles. The Morgan fingerprint density at radius 2 is 1.63 bits per heavy atom. The fourth-order valence-electron chi connectivity index (χ4n) is 2.27. The molecule has 8 heteroatoms. The molecule has 1 heterocycles. The van der Waals surface area contributed by atoms with E-state index >= 15 is 0 Å². The molecule has 0 fully saturated rings. The van der Waals surface area contributed by atoms with Crippen molar-refractivity contribution in [2.45, 2.75) is 12.7 Å². The first-order valence-electron chi connectivity index (χ1n) is 8.00. The number of anilines is 2. The normalized spacial score (nSPS) is 11.1. The fraction of sp³-hybridized carbons (Fsp3) is 0.105. The highest BCUT2D eigenvalue weighted by Gasteiger charge is 2.29. The van der Waals surface area contributed by atoms with Crippen LogP contribution < -0.4 is 10.6 Å². The highest BCUT2D eigenvalue weighted by Crippen LogP contribution is 2.30. The minimum atomic E-state index is -4.38. The summed E-state index contributed by atoms with van der Waals surface area (Å²) in [7, 11) is 0. The molecule has 0 spiro atoms. The van der Waals surface area contributed by atoms with Gasteiger partial charge < -0.3 is 10.6 Å². The second-order valence-corrected chi connectivity index (χ2v) is 5.66. The van der Waals surface area contributed by atoms with Gasteiger partial charge in [0.25, 0.3) is 5.91 Å². The number of hydrogen-bond donors (Lipinski definition) is 2. The largest absolute Gasteiger partial charge is 0.416 e. The van der Waals surface area contributed by atoms with Gasteiger partial charge >= 0.3 is 6.18 Å². The standard InChI is InChI=1S/C19H15F3N4O/c20-19(21,22)14-6-8-15(9-7-14)26-17-12-23-16(11-24-17)18(27)25-10-13-4-2-1-3-5-13/h1-9,11-12H,10H2,(H,24,26)(H,25,27). The number of halogens is 3. The lowest BCUT2D eigenvalue weighted by atomic mass is 10.2. The van der Waals surface area contributed by atoms with E-state index in [1.54, 1.807) is 0 Å². The Hall–Kier alpha value is -3.42. The maximum absolute atomic E-state index is 12.6. The van der Waals surface area contributed by atoms with E-state index in [1.165, 1.54) is 24.5 Å². The molecule has 0 bridgehead atoms. The summed E-state index contributed by atoms with van der Waals surface area (Å²) >= 11 is 0. The summed E-state index contributed by atoms with van der Waals surface area (Å²) < 4.78 is 37.7. The predicted molar refractivity (Wildman–Crippen MR) is 94.4 cm³/mol. The van der Waals surface area contributed by atoms with E-state index in [9.17, 15) is 18.0 Å². The van der Waals surface area contributed by atoms with Crippen molar-refractivity contribution in [3.8, 4) is 0 Å². The maximum Gasteiger partial charge on any atom is 0.416 e. The number of alkyl halides is 3. The summed E-state index contributed by atoms with van der Waals surface area (Å²) in [5, 5.41) is 5.57. The van der Waals surface area contributed by atoms with E-state index < -0.39 is 11.7 Å². The van der Waals surface area contributed by atoms with Gasteiger partial charge in [-0.15, -0.1) is 0 Å². The van der Waals surface area contributed by atoms with Gasteiger partial charge in [0, 0.05) is 12.2 Å². The summed E-state index contributed by atoms with van der Waals surface area (Å²) in [6.07, 6.45) is -1.74. The van der Waals surface area contributed by atoms with Gasteiger partial charge in [-0.2, -0.15) is 13.2 Å². The quantitative estimate of drug-likeness (QED) is 0.706. The van der Waals surface area contributed by atoms with Crippen molar-refractivity contribution in [1.82, 2.24) is 15.3 Å². The van der Waals surface area contributed by atoms with Gasteiger partial charge in [-0.1, -0.05) is 30.3 Å². The van der Waals surface area contributed by atoms with Crippen molar-refractivity contribution in [3.63, 3.8) is 0 Å². The van der Waals surface area contributed by atoms with Crippen LogP contribution in [0.25, 0.3) is 0 Å². The number of nitrogens with one attached hydrogen (secondary N) is 2. The average molecular weight is 372 g/mol. The molecule has 0 unspecified atom stereocenters. The Morgan fingerprint density at radius 1 is 0.926 bits per heavy atom. The van der Waals surface area contributed by atoms with E-state index in [0.717, 1.165) is 17.7 Å². The lowest BCUT2D eigenvalue weighted by Gasteiger charge is -2.09. The van der Waals surface area contributed by atoms with Gasteiger partial charge in [-0.25, -0.2) is 9.97 Å². The van der Waals surface area contributed by atoms with Crippen LogP contribution in [-0.4, -0.2) is 15.9 Å². The summed E-state index contributed by atoms with van der Waals surface area (Å²) in [6, 6.07) is 14.0. The zero-order valence-corrected chi connectivity index (χ0v) is 14.0. The van der Waals surface area contributed by atoms with Crippen molar-refractivity contribution in [3.05, 3.63) is 83.8 Å². The molecule has 0 radical (unpaired) electrons. The lowest BCUT2D eigenvalue weighted by molar-refractivity contribution is -0.137. The molecule has 0 saturated heterocycles. The highest BCUT2D eigenvalue weighted by atomic mass is 19.4. The number of hydrogen-bond acceptors (Lipinski definition) is 4. The molecule has 5 nitrogen and oxygen atoms in total. The third-order valence-electron chi connectivity index (χ3n) is 3.67. The zero-order valence-electron chi connectivity index (χ0n) is 14.0. The molecule has 1 amide bonds. The van der Waals surface area contributed by atoms with Crippen LogP contribution >= 0.6 is 0 Å². The van der Waals surface area contributed by atoms with Gasteiger partial charge in [0.05, 0.1) is 18.0 Å². The molecule has 27 heavy (non-hydrogen) atoms. The molecule has 0 atom stereocenters. The van der Waals surface area contributed by atoms with E-state index in [2.05, 4.69) is 20.6 Å². The van der Waals surface area contributed by atoms with Gasteiger partial charge in [0.1, 0.15) is 11.5 Å². The second-order valence-electron chi connectivity index (χ2n) is 5.66. The number of carbonyl (C=O) groups is 1. The number of benzene rings is 2. The molecule has 2 N–H and O–H groups in total.